The summed E-state index contributed by atoms with van der Waals surface area (Å²) in [4.78, 5) is 15.7. The average Bonchev–Trinajstić information content (AvgIpc) is 2.46. The minimum atomic E-state index is 0.107. The van der Waals surface area contributed by atoms with Gasteiger partial charge in [-0.25, -0.2) is 0 Å². The lowest BCUT2D eigenvalue weighted by molar-refractivity contribution is -0.127. The Bertz CT molecular complexity index is 385. The molecule has 4 heteroatoms. The number of carbonyl (C=O) groups excluding carboxylic acids is 1. The first-order valence-corrected chi connectivity index (χ1v) is 6.95. The molecular formula is C15H25N3O. The monoisotopic (exact) mass is 263 g/mol. The normalized spacial score (nSPS) is 10.1. The van der Waals surface area contributed by atoms with E-state index in [1.807, 2.05) is 26.1 Å². The van der Waals surface area contributed by atoms with Gasteiger partial charge < -0.3 is 15.1 Å². The SMILES string of the molecule is CCN(C)C(=O)CNc1ccc(N(CC)CC)cc1. The van der Waals surface area contributed by atoms with Crippen molar-refractivity contribution >= 4 is 17.3 Å². The topological polar surface area (TPSA) is 35.6 Å². The van der Waals surface area contributed by atoms with E-state index in [9.17, 15) is 4.79 Å². The maximum absolute atomic E-state index is 11.7. The Hall–Kier alpha value is -1.71. The Morgan fingerprint density at radius 1 is 1.05 bits per heavy atom. The Kier molecular flexibility index (Phi) is 6.19. The van der Waals surface area contributed by atoms with Crippen LogP contribution in [0.5, 0.6) is 0 Å². The molecule has 1 aromatic rings. The summed E-state index contributed by atoms with van der Waals surface area (Å²) < 4.78 is 0. The van der Waals surface area contributed by atoms with Crippen LogP contribution in [0.1, 0.15) is 20.8 Å². The predicted molar refractivity (Wildman–Crippen MR) is 81.8 cm³/mol. The second kappa shape index (κ2) is 7.67. The van der Waals surface area contributed by atoms with Crippen LogP contribution in [0.4, 0.5) is 11.4 Å². The van der Waals surface area contributed by atoms with Gasteiger partial charge in [0.25, 0.3) is 0 Å². The van der Waals surface area contributed by atoms with Gasteiger partial charge in [-0.3, -0.25) is 4.79 Å². The number of nitrogens with one attached hydrogen (secondary N) is 1. The van der Waals surface area contributed by atoms with Gasteiger partial charge in [0.15, 0.2) is 0 Å². The summed E-state index contributed by atoms with van der Waals surface area (Å²) in [5.74, 6) is 0.107. The Balaban J connectivity index is 2.55. The maximum Gasteiger partial charge on any atom is 0.241 e. The first-order valence-electron chi connectivity index (χ1n) is 6.95. The lowest BCUT2D eigenvalue weighted by atomic mass is 10.2. The quantitative estimate of drug-likeness (QED) is 0.820. The van der Waals surface area contributed by atoms with E-state index < -0.39 is 0 Å². The van der Waals surface area contributed by atoms with E-state index in [-0.39, 0.29) is 5.91 Å². The first-order chi connectivity index (χ1) is 9.12. The fraction of sp³-hybridized carbons (Fsp3) is 0.533. The molecule has 1 N–H and O–H groups in total. The highest BCUT2D eigenvalue weighted by Gasteiger charge is 2.06. The molecule has 1 aromatic carbocycles. The van der Waals surface area contributed by atoms with Crippen LogP contribution >= 0.6 is 0 Å². The summed E-state index contributed by atoms with van der Waals surface area (Å²) in [5, 5.41) is 3.15. The summed E-state index contributed by atoms with van der Waals surface area (Å²) in [6, 6.07) is 8.21. The molecule has 0 aliphatic rings. The van der Waals surface area contributed by atoms with E-state index in [0.717, 1.165) is 25.3 Å². The Morgan fingerprint density at radius 3 is 2.11 bits per heavy atom. The zero-order chi connectivity index (χ0) is 14.3. The number of rotatable bonds is 7. The van der Waals surface area contributed by atoms with Crippen molar-refractivity contribution in [3.8, 4) is 0 Å². The smallest absolute Gasteiger partial charge is 0.241 e. The van der Waals surface area contributed by atoms with E-state index in [0.29, 0.717) is 6.54 Å². The lowest BCUT2D eigenvalue weighted by Crippen LogP contribution is -2.31. The average molecular weight is 263 g/mol. The third kappa shape index (κ3) is 4.47. The zero-order valence-corrected chi connectivity index (χ0v) is 12.4. The third-order valence-corrected chi connectivity index (χ3v) is 3.34. The van der Waals surface area contributed by atoms with Gasteiger partial charge in [0, 0.05) is 38.1 Å². The molecule has 0 atom stereocenters. The number of nitrogens with zero attached hydrogens (tertiary/aromatic N) is 2. The maximum atomic E-state index is 11.7. The van der Waals surface area contributed by atoms with Crippen LogP contribution in [-0.4, -0.2) is 44.0 Å². The Morgan fingerprint density at radius 2 is 1.63 bits per heavy atom. The molecule has 0 saturated carbocycles. The van der Waals surface area contributed by atoms with Crippen molar-refractivity contribution in [3.05, 3.63) is 24.3 Å². The molecule has 0 aromatic heterocycles. The van der Waals surface area contributed by atoms with Crippen LogP contribution in [0, 0.1) is 0 Å². The fourth-order valence-electron chi connectivity index (χ4n) is 1.87. The number of carbonyl (C=O) groups is 1. The van der Waals surface area contributed by atoms with Crippen LogP contribution in [0.15, 0.2) is 24.3 Å². The second-order valence-corrected chi connectivity index (χ2v) is 4.48. The molecule has 0 fully saturated rings. The molecule has 1 rings (SSSR count). The minimum absolute atomic E-state index is 0.107. The van der Waals surface area contributed by atoms with Crippen LogP contribution in [0.25, 0.3) is 0 Å². The molecule has 0 saturated heterocycles. The molecule has 19 heavy (non-hydrogen) atoms. The number of amides is 1. The molecule has 1 amide bonds. The molecule has 0 heterocycles. The molecule has 0 spiro atoms. The van der Waals surface area contributed by atoms with Gasteiger partial charge in [0.2, 0.25) is 5.91 Å². The van der Waals surface area contributed by atoms with Crippen molar-refractivity contribution < 1.29 is 4.79 Å². The lowest BCUT2D eigenvalue weighted by Gasteiger charge is -2.21. The number of benzene rings is 1. The summed E-state index contributed by atoms with van der Waals surface area (Å²) in [6.45, 7) is 9.35. The summed E-state index contributed by atoms with van der Waals surface area (Å²) >= 11 is 0. The minimum Gasteiger partial charge on any atom is -0.376 e. The molecule has 0 bridgehead atoms. The van der Waals surface area contributed by atoms with E-state index >= 15 is 0 Å². The number of hydrogen-bond acceptors (Lipinski definition) is 3. The largest absolute Gasteiger partial charge is 0.376 e. The van der Waals surface area contributed by atoms with Gasteiger partial charge in [-0.15, -0.1) is 0 Å². The van der Waals surface area contributed by atoms with E-state index in [1.54, 1.807) is 4.90 Å². The molecule has 106 valence electrons. The molecule has 0 unspecified atom stereocenters. The summed E-state index contributed by atoms with van der Waals surface area (Å²) in [5.41, 5.74) is 2.20. The summed E-state index contributed by atoms with van der Waals surface area (Å²) in [7, 11) is 1.81. The first kappa shape index (κ1) is 15.3. The van der Waals surface area contributed by atoms with Crippen molar-refractivity contribution in [2.75, 3.05) is 43.4 Å². The van der Waals surface area contributed by atoms with Crippen LogP contribution in [-0.2, 0) is 4.79 Å². The highest BCUT2D eigenvalue weighted by atomic mass is 16.2. The van der Waals surface area contributed by atoms with Gasteiger partial charge in [-0.2, -0.15) is 0 Å². The van der Waals surface area contributed by atoms with Crippen LogP contribution in [0.2, 0.25) is 0 Å². The standard InChI is InChI=1S/C15H25N3O/c1-5-17(4)15(19)12-16-13-8-10-14(11-9-13)18(6-2)7-3/h8-11,16H,5-7,12H2,1-4H3. The van der Waals surface area contributed by atoms with Gasteiger partial charge in [0.1, 0.15) is 0 Å². The fourth-order valence-corrected chi connectivity index (χ4v) is 1.87. The van der Waals surface area contributed by atoms with Crippen molar-refractivity contribution in [1.29, 1.82) is 0 Å². The van der Waals surface area contributed by atoms with Crippen molar-refractivity contribution in [2.24, 2.45) is 0 Å². The van der Waals surface area contributed by atoms with Crippen LogP contribution < -0.4 is 10.2 Å². The number of hydrogen-bond donors (Lipinski definition) is 1. The van der Waals surface area contributed by atoms with Crippen molar-refractivity contribution in [1.82, 2.24) is 4.90 Å². The van der Waals surface area contributed by atoms with Gasteiger partial charge in [-0.05, 0) is 45.0 Å². The third-order valence-electron chi connectivity index (χ3n) is 3.34. The van der Waals surface area contributed by atoms with Crippen molar-refractivity contribution in [3.63, 3.8) is 0 Å². The zero-order valence-electron chi connectivity index (χ0n) is 12.4. The highest BCUT2D eigenvalue weighted by molar-refractivity contribution is 5.80. The summed E-state index contributed by atoms with van der Waals surface area (Å²) in [6.07, 6.45) is 0. The molecule has 0 radical (unpaired) electrons. The predicted octanol–water partition coefficient (Wildman–Crippen LogP) is 2.42. The van der Waals surface area contributed by atoms with Crippen molar-refractivity contribution in [2.45, 2.75) is 20.8 Å². The number of likely N-dealkylation sites (N-methyl/N-ethyl adjacent to an activating group) is 1. The van der Waals surface area contributed by atoms with Crippen LogP contribution in [0.3, 0.4) is 0 Å². The molecule has 4 nitrogen and oxygen atoms in total. The van der Waals surface area contributed by atoms with Gasteiger partial charge >= 0.3 is 0 Å². The number of anilines is 2. The Labute approximate surface area is 116 Å². The van der Waals surface area contributed by atoms with E-state index in [2.05, 4.69) is 36.2 Å². The molecular weight excluding hydrogens is 238 g/mol. The van der Waals surface area contributed by atoms with E-state index in [1.165, 1.54) is 5.69 Å². The highest BCUT2D eigenvalue weighted by Crippen LogP contribution is 2.17. The molecule has 0 aliphatic heterocycles. The second-order valence-electron chi connectivity index (χ2n) is 4.48. The van der Waals surface area contributed by atoms with Gasteiger partial charge in [0.05, 0.1) is 6.54 Å². The van der Waals surface area contributed by atoms with E-state index in [4.69, 9.17) is 0 Å². The van der Waals surface area contributed by atoms with Gasteiger partial charge in [-0.1, -0.05) is 0 Å². The molecule has 0 aliphatic carbocycles.